The van der Waals surface area contributed by atoms with Gasteiger partial charge in [0.2, 0.25) is 0 Å². The second kappa shape index (κ2) is 6.09. The smallest absolute Gasteiger partial charge is 0.339 e. The van der Waals surface area contributed by atoms with Gasteiger partial charge in [-0.2, -0.15) is 0 Å². The van der Waals surface area contributed by atoms with E-state index in [-0.39, 0.29) is 5.56 Å². The highest BCUT2D eigenvalue weighted by Gasteiger charge is 2.24. The van der Waals surface area contributed by atoms with E-state index >= 15 is 0 Å². The summed E-state index contributed by atoms with van der Waals surface area (Å²) < 4.78 is 0. The zero-order valence-corrected chi connectivity index (χ0v) is 12.0. The van der Waals surface area contributed by atoms with E-state index in [4.69, 9.17) is 5.73 Å². The summed E-state index contributed by atoms with van der Waals surface area (Å²) in [5.74, 6) is 0.230. The van der Waals surface area contributed by atoms with Crippen molar-refractivity contribution in [3.63, 3.8) is 0 Å². The number of carbonyl (C=O) groups is 1. The molecule has 1 aromatic heterocycles. The molecule has 0 spiro atoms. The fraction of sp³-hybridized carbons (Fsp3) is 0.571. The molecule has 0 bridgehead atoms. The lowest BCUT2D eigenvalue weighted by atomic mass is 9.96. The van der Waals surface area contributed by atoms with Crippen LogP contribution < -0.4 is 10.6 Å². The number of anilines is 2. The average molecular weight is 278 g/mol. The number of aromatic carboxylic acids is 1. The first-order valence-corrected chi connectivity index (χ1v) is 6.86. The Balaban J connectivity index is 2.09. The standard InChI is InChI=1S/C14H22N4O2/c1-17(2)9-10-3-5-18(6-4-10)13-12(14(19)20)7-11(15)8-16-13/h7-8,10H,3-6,9,15H2,1-2H3,(H,19,20). The van der Waals surface area contributed by atoms with Gasteiger partial charge in [-0.25, -0.2) is 9.78 Å². The number of hydrogen-bond donors (Lipinski definition) is 2. The van der Waals surface area contributed by atoms with Crippen molar-refractivity contribution in [2.24, 2.45) is 5.92 Å². The lowest BCUT2D eigenvalue weighted by molar-refractivity contribution is 0.0697. The van der Waals surface area contributed by atoms with E-state index in [2.05, 4.69) is 28.9 Å². The summed E-state index contributed by atoms with van der Waals surface area (Å²) >= 11 is 0. The monoisotopic (exact) mass is 278 g/mol. The summed E-state index contributed by atoms with van der Waals surface area (Å²) in [6, 6.07) is 1.48. The Bertz CT molecular complexity index is 482. The molecule has 2 rings (SSSR count). The van der Waals surface area contributed by atoms with E-state index in [1.54, 1.807) is 0 Å². The zero-order chi connectivity index (χ0) is 14.7. The zero-order valence-electron chi connectivity index (χ0n) is 12.0. The highest BCUT2D eigenvalue weighted by Crippen LogP contribution is 2.26. The first kappa shape index (κ1) is 14.6. The quantitative estimate of drug-likeness (QED) is 0.859. The van der Waals surface area contributed by atoms with Gasteiger partial charge in [-0.05, 0) is 38.9 Å². The molecule has 0 aromatic carbocycles. The van der Waals surface area contributed by atoms with Crippen molar-refractivity contribution in [1.82, 2.24) is 9.88 Å². The molecule has 0 unspecified atom stereocenters. The van der Waals surface area contributed by atoms with Crippen molar-refractivity contribution in [2.75, 3.05) is 44.4 Å². The van der Waals surface area contributed by atoms with Crippen LogP contribution in [0.4, 0.5) is 11.5 Å². The molecule has 3 N–H and O–H groups in total. The molecule has 2 heterocycles. The van der Waals surface area contributed by atoms with Gasteiger partial charge in [0, 0.05) is 19.6 Å². The van der Waals surface area contributed by atoms with Crippen LogP contribution in [-0.2, 0) is 0 Å². The number of rotatable bonds is 4. The van der Waals surface area contributed by atoms with Gasteiger partial charge >= 0.3 is 5.97 Å². The highest BCUT2D eigenvalue weighted by atomic mass is 16.4. The molecule has 0 atom stereocenters. The first-order valence-electron chi connectivity index (χ1n) is 6.86. The largest absolute Gasteiger partial charge is 0.478 e. The lowest BCUT2D eigenvalue weighted by Gasteiger charge is -2.34. The number of carboxylic acids is 1. The minimum atomic E-state index is -0.977. The molecule has 1 saturated heterocycles. The van der Waals surface area contributed by atoms with Crippen LogP contribution in [0.25, 0.3) is 0 Å². The molecule has 1 aliphatic rings. The van der Waals surface area contributed by atoms with Gasteiger partial charge in [0.1, 0.15) is 11.4 Å². The average Bonchev–Trinajstić information content (AvgIpc) is 2.39. The molecule has 1 fully saturated rings. The Hall–Kier alpha value is -1.82. The molecule has 110 valence electrons. The summed E-state index contributed by atoms with van der Waals surface area (Å²) in [6.45, 7) is 2.76. The van der Waals surface area contributed by atoms with Crippen LogP contribution in [0.2, 0.25) is 0 Å². The highest BCUT2D eigenvalue weighted by molar-refractivity contribution is 5.94. The second-order valence-electron chi connectivity index (χ2n) is 5.64. The van der Waals surface area contributed by atoms with Crippen molar-refractivity contribution < 1.29 is 9.90 Å². The van der Waals surface area contributed by atoms with Gasteiger partial charge in [-0.3, -0.25) is 0 Å². The number of hydrogen-bond acceptors (Lipinski definition) is 5. The van der Waals surface area contributed by atoms with Crippen molar-refractivity contribution in [3.8, 4) is 0 Å². The van der Waals surface area contributed by atoms with Crippen molar-refractivity contribution in [2.45, 2.75) is 12.8 Å². The van der Waals surface area contributed by atoms with E-state index in [0.29, 0.717) is 17.4 Å². The van der Waals surface area contributed by atoms with Crippen LogP contribution >= 0.6 is 0 Å². The van der Waals surface area contributed by atoms with E-state index in [1.165, 1.54) is 12.3 Å². The van der Waals surface area contributed by atoms with Crippen molar-refractivity contribution in [1.29, 1.82) is 0 Å². The third kappa shape index (κ3) is 3.39. The Morgan fingerprint density at radius 1 is 1.50 bits per heavy atom. The van der Waals surface area contributed by atoms with Crippen LogP contribution in [0.5, 0.6) is 0 Å². The summed E-state index contributed by atoms with van der Waals surface area (Å²) in [7, 11) is 4.16. The van der Waals surface area contributed by atoms with Crippen LogP contribution in [0.1, 0.15) is 23.2 Å². The number of nitrogens with zero attached hydrogens (tertiary/aromatic N) is 3. The normalized spacial score (nSPS) is 16.6. The molecule has 0 aliphatic carbocycles. The molecule has 1 aliphatic heterocycles. The summed E-state index contributed by atoms with van der Waals surface area (Å²) in [5, 5.41) is 9.26. The van der Waals surface area contributed by atoms with Crippen molar-refractivity contribution in [3.05, 3.63) is 17.8 Å². The Morgan fingerprint density at radius 2 is 2.15 bits per heavy atom. The van der Waals surface area contributed by atoms with E-state index in [1.807, 2.05) is 0 Å². The number of nitrogens with two attached hydrogens (primary N) is 1. The van der Waals surface area contributed by atoms with E-state index in [0.717, 1.165) is 32.5 Å². The van der Waals surface area contributed by atoms with Gasteiger partial charge < -0.3 is 20.6 Å². The van der Waals surface area contributed by atoms with E-state index < -0.39 is 5.97 Å². The van der Waals surface area contributed by atoms with Gasteiger partial charge in [0.15, 0.2) is 0 Å². The van der Waals surface area contributed by atoms with Gasteiger partial charge in [0.25, 0.3) is 0 Å². The molecular weight excluding hydrogens is 256 g/mol. The molecule has 6 nitrogen and oxygen atoms in total. The maximum Gasteiger partial charge on any atom is 0.339 e. The van der Waals surface area contributed by atoms with Gasteiger partial charge in [-0.15, -0.1) is 0 Å². The molecule has 0 saturated carbocycles. The molecular formula is C14H22N4O2. The van der Waals surface area contributed by atoms with Crippen molar-refractivity contribution >= 4 is 17.5 Å². The van der Waals surface area contributed by atoms with E-state index in [9.17, 15) is 9.90 Å². The van der Waals surface area contributed by atoms with Crippen LogP contribution in [0.15, 0.2) is 12.3 Å². The topological polar surface area (TPSA) is 82.7 Å². The first-order chi connectivity index (χ1) is 9.47. The molecule has 0 radical (unpaired) electrons. The number of piperidine rings is 1. The summed E-state index contributed by atoms with van der Waals surface area (Å²) in [4.78, 5) is 19.8. The summed E-state index contributed by atoms with van der Waals surface area (Å²) in [5.41, 5.74) is 6.20. The molecule has 6 heteroatoms. The van der Waals surface area contributed by atoms with Gasteiger partial charge in [-0.1, -0.05) is 0 Å². The minimum absolute atomic E-state index is 0.191. The predicted octanol–water partition coefficient (Wildman–Crippen LogP) is 1.14. The molecule has 20 heavy (non-hydrogen) atoms. The van der Waals surface area contributed by atoms with Crippen LogP contribution in [0, 0.1) is 5.92 Å². The third-order valence-electron chi connectivity index (χ3n) is 3.66. The Labute approximate surface area is 119 Å². The van der Waals surface area contributed by atoms with Gasteiger partial charge in [0.05, 0.1) is 11.9 Å². The fourth-order valence-corrected chi connectivity index (χ4v) is 2.73. The predicted molar refractivity (Wildman–Crippen MR) is 79.1 cm³/mol. The van der Waals surface area contributed by atoms with Crippen LogP contribution in [0.3, 0.4) is 0 Å². The molecule has 0 amide bonds. The molecule has 1 aromatic rings. The number of nitrogen functional groups attached to an aromatic ring is 1. The SMILES string of the molecule is CN(C)CC1CCN(c2ncc(N)cc2C(=O)O)CC1. The Kier molecular flexibility index (Phi) is 4.44. The fourth-order valence-electron chi connectivity index (χ4n) is 2.73. The lowest BCUT2D eigenvalue weighted by Crippen LogP contribution is -2.38. The third-order valence-corrected chi connectivity index (χ3v) is 3.66. The van der Waals surface area contributed by atoms with Crippen LogP contribution in [-0.4, -0.2) is 54.7 Å². The Morgan fingerprint density at radius 3 is 2.70 bits per heavy atom. The number of aromatic nitrogens is 1. The minimum Gasteiger partial charge on any atom is -0.478 e. The number of pyridine rings is 1. The maximum atomic E-state index is 11.3. The summed E-state index contributed by atoms with van der Waals surface area (Å²) in [6.07, 6.45) is 3.64. The second-order valence-corrected chi connectivity index (χ2v) is 5.64. The maximum absolute atomic E-state index is 11.3. The number of carboxylic acid groups (broad SMARTS) is 1.